The molecule has 0 atom stereocenters. The zero-order valence-electron chi connectivity index (χ0n) is 15.0. The quantitative estimate of drug-likeness (QED) is 0.793. The van der Waals surface area contributed by atoms with E-state index in [-0.39, 0.29) is 23.7 Å². The van der Waals surface area contributed by atoms with Crippen molar-refractivity contribution in [2.24, 2.45) is 0 Å². The summed E-state index contributed by atoms with van der Waals surface area (Å²) in [7, 11) is 0. The van der Waals surface area contributed by atoms with Gasteiger partial charge >= 0.3 is 5.97 Å². The molecule has 0 aliphatic heterocycles. The number of nitrogens with one attached hydrogen (secondary N) is 1. The average Bonchev–Trinajstić information content (AvgIpc) is 2.95. The van der Waals surface area contributed by atoms with Gasteiger partial charge in [-0.15, -0.1) is 0 Å². The van der Waals surface area contributed by atoms with E-state index in [1.165, 1.54) is 6.26 Å². The smallest absolute Gasteiger partial charge is 0.311 e. The van der Waals surface area contributed by atoms with Crippen LogP contribution in [0.1, 0.15) is 45.9 Å². The topological polar surface area (TPSA) is 99.9 Å². The second-order valence-corrected chi connectivity index (χ2v) is 5.80. The number of benzene rings is 1. The van der Waals surface area contributed by atoms with Crippen molar-refractivity contribution in [1.82, 2.24) is 4.90 Å². The molecule has 1 heterocycles. The van der Waals surface area contributed by atoms with Crippen molar-refractivity contribution in [1.29, 1.82) is 0 Å². The van der Waals surface area contributed by atoms with Crippen LogP contribution in [0, 0.1) is 6.92 Å². The number of carboxylic acids is 1. The lowest BCUT2D eigenvalue weighted by molar-refractivity contribution is -0.136. The van der Waals surface area contributed by atoms with Crippen LogP contribution in [0.3, 0.4) is 0 Å². The summed E-state index contributed by atoms with van der Waals surface area (Å²) in [6, 6.07) is 6.65. The number of nitrogens with zero attached hydrogens (tertiary/aromatic N) is 1. The third-order valence-corrected chi connectivity index (χ3v) is 4.01. The molecule has 26 heavy (non-hydrogen) atoms. The van der Waals surface area contributed by atoms with Gasteiger partial charge < -0.3 is 19.7 Å². The van der Waals surface area contributed by atoms with Crippen LogP contribution in [0.15, 0.2) is 34.9 Å². The zero-order valence-corrected chi connectivity index (χ0v) is 15.0. The number of amides is 2. The normalized spacial score (nSPS) is 10.4. The van der Waals surface area contributed by atoms with E-state index in [2.05, 4.69) is 5.32 Å². The molecule has 0 radical (unpaired) electrons. The standard InChI is InChI=1S/C19H22N2O5/c1-4-21(5-2)19(25)13-7-6-8-14(9-13)20-18(24)17-12(3)11-26-15(17)10-16(22)23/h6-9,11H,4-5,10H2,1-3H3,(H,20,24)(H,22,23). The van der Waals surface area contributed by atoms with Gasteiger partial charge in [0.25, 0.3) is 11.8 Å². The number of carboxylic acid groups (broad SMARTS) is 1. The van der Waals surface area contributed by atoms with E-state index in [1.54, 1.807) is 36.1 Å². The van der Waals surface area contributed by atoms with E-state index in [0.717, 1.165) is 0 Å². The number of rotatable bonds is 7. The Kier molecular flexibility index (Phi) is 6.16. The summed E-state index contributed by atoms with van der Waals surface area (Å²) in [5.41, 5.74) is 1.68. The first-order valence-electron chi connectivity index (χ1n) is 8.36. The molecule has 1 aromatic carbocycles. The fourth-order valence-corrected chi connectivity index (χ4v) is 2.69. The van der Waals surface area contributed by atoms with Gasteiger partial charge in [0.05, 0.1) is 11.8 Å². The third-order valence-electron chi connectivity index (χ3n) is 4.01. The minimum Gasteiger partial charge on any atom is -0.481 e. The largest absolute Gasteiger partial charge is 0.481 e. The first-order valence-corrected chi connectivity index (χ1v) is 8.36. The van der Waals surface area contributed by atoms with Crippen LogP contribution >= 0.6 is 0 Å². The maximum Gasteiger partial charge on any atom is 0.311 e. The molecule has 0 fully saturated rings. The van der Waals surface area contributed by atoms with E-state index in [9.17, 15) is 14.4 Å². The minimum atomic E-state index is -1.08. The molecule has 2 amide bonds. The van der Waals surface area contributed by atoms with E-state index in [0.29, 0.717) is 29.9 Å². The van der Waals surface area contributed by atoms with E-state index < -0.39 is 11.9 Å². The van der Waals surface area contributed by atoms with Gasteiger partial charge in [-0.3, -0.25) is 14.4 Å². The van der Waals surface area contributed by atoms with Crippen LogP contribution in [-0.2, 0) is 11.2 Å². The Morgan fingerprint density at radius 1 is 1.19 bits per heavy atom. The maximum absolute atomic E-state index is 12.6. The Hall–Kier alpha value is -3.09. The molecule has 0 unspecified atom stereocenters. The highest BCUT2D eigenvalue weighted by Crippen LogP contribution is 2.20. The van der Waals surface area contributed by atoms with Crippen LogP contribution in [0.4, 0.5) is 5.69 Å². The summed E-state index contributed by atoms with van der Waals surface area (Å²) in [5, 5.41) is 11.6. The van der Waals surface area contributed by atoms with Crippen LogP contribution in [0.2, 0.25) is 0 Å². The Labute approximate surface area is 151 Å². The minimum absolute atomic E-state index is 0.0999. The average molecular weight is 358 g/mol. The summed E-state index contributed by atoms with van der Waals surface area (Å²) in [5.74, 6) is -1.57. The van der Waals surface area contributed by atoms with Crippen LogP contribution < -0.4 is 5.32 Å². The zero-order chi connectivity index (χ0) is 19.3. The van der Waals surface area contributed by atoms with Crippen molar-refractivity contribution >= 4 is 23.5 Å². The third kappa shape index (κ3) is 4.30. The number of anilines is 1. The molecule has 7 nitrogen and oxygen atoms in total. The van der Waals surface area contributed by atoms with Crippen molar-refractivity contribution in [3.8, 4) is 0 Å². The van der Waals surface area contributed by atoms with Crippen LogP contribution in [0.25, 0.3) is 0 Å². The number of furan rings is 1. The predicted octanol–water partition coefficient (Wildman–Crippen LogP) is 2.95. The number of aryl methyl sites for hydroxylation is 1. The van der Waals surface area contributed by atoms with Crippen molar-refractivity contribution in [2.45, 2.75) is 27.2 Å². The lowest BCUT2D eigenvalue weighted by Gasteiger charge is -2.19. The second-order valence-electron chi connectivity index (χ2n) is 5.80. The summed E-state index contributed by atoms with van der Waals surface area (Å²) < 4.78 is 5.19. The molecular weight excluding hydrogens is 336 g/mol. The summed E-state index contributed by atoms with van der Waals surface area (Å²) >= 11 is 0. The molecule has 0 aliphatic rings. The predicted molar refractivity (Wildman–Crippen MR) is 96.4 cm³/mol. The van der Waals surface area contributed by atoms with Gasteiger partial charge in [-0.05, 0) is 39.0 Å². The van der Waals surface area contributed by atoms with Crippen molar-refractivity contribution in [3.63, 3.8) is 0 Å². The van der Waals surface area contributed by atoms with Crippen molar-refractivity contribution < 1.29 is 23.9 Å². The maximum atomic E-state index is 12.6. The molecule has 2 N–H and O–H groups in total. The van der Waals surface area contributed by atoms with Crippen molar-refractivity contribution in [3.05, 3.63) is 53.0 Å². The van der Waals surface area contributed by atoms with Gasteiger partial charge in [0, 0.05) is 29.9 Å². The SMILES string of the molecule is CCN(CC)C(=O)c1cccc(NC(=O)c2c(C)coc2CC(=O)O)c1. The Bertz CT molecular complexity index is 821. The van der Waals surface area contributed by atoms with Gasteiger partial charge in [0.2, 0.25) is 0 Å². The van der Waals surface area contributed by atoms with Gasteiger partial charge in [-0.1, -0.05) is 6.07 Å². The summed E-state index contributed by atoms with van der Waals surface area (Å²) in [6.45, 7) is 6.67. The molecular formula is C19H22N2O5. The van der Waals surface area contributed by atoms with Crippen LogP contribution in [0.5, 0.6) is 0 Å². The number of carbonyl (C=O) groups is 3. The molecule has 1 aromatic heterocycles. The molecule has 0 bridgehead atoms. The summed E-state index contributed by atoms with van der Waals surface area (Å²) in [4.78, 5) is 37.6. The highest BCUT2D eigenvalue weighted by atomic mass is 16.4. The number of carbonyl (C=O) groups excluding carboxylic acids is 2. The first kappa shape index (κ1) is 19.2. The van der Waals surface area contributed by atoms with Crippen LogP contribution in [-0.4, -0.2) is 40.9 Å². The fourth-order valence-electron chi connectivity index (χ4n) is 2.69. The first-order chi connectivity index (χ1) is 12.4. The fraction of sp³-hybridized carbons (Fsp3) is 0.316. The van der Waals surface area contributed by atoms with E-state index in [4.69, 9.17) is 9.52 Å². The molecule has 2 rings (SSSR count). The molecule has 7 heteroatoms. The van der Waals surface area contributed by atoms with Gasteiger partial charge in [-0.25, -0.2) is 0 Å². The Morgan fingerprint density at radius 2 is 1.88 bits per heavy atom. The van der Waals surface area contributed by atoms with E-state index in [1.807, 2.05) is 13.8 Å². The van der Waals surface area contributed by atoms with Gasteiger partial charge in [0.15, 0.2) is 0 Å². The lowest BCUT2D eigenvalue weighted by Crippen LogP contribution is -2.30. The summed E-state index contributed by atoms with van der Waals surface area (Å²) in [6.07, 6.45) is 0.977. The molecule has 0 aliphatic carbocycles. The van der Waals surface area contributed by atoms with Gasteiger partial charge in [0.1, 0.15) is 12.2 Å². The van der Waals surface area contributed by atoms with Crippen molar-refractivity contribution in [2.75, 3.05) is 18.4 Å². The molecule has 0 spiro atoms. The Balaban J connectivity index is 2.23. The second kappa shape index (κ2) is 8.33. The van der Waals surface area contributed by atoms with E-state index >= 15 is 0 Å². The number of hydrogen-bond donors (Lipinski definition) is 2. The monoisotopic (exact) mass is 358 g/mol. The molecule has 0 saturated heterocycles. The number of hydrogen-bond acceptors (Lipinski definition) is 4. The lowest BCUT2D eigenvalue weighted by atomic mass is 10.1. The van der Waals surface area contributed by atoms with Gasteiger partial charge in [-0.2, -0.15) is 0 Å². The number of aliphatic carboxylic acids is 1. The molecule has 138 valence electrons. The highest BCUT2D eigenvalue weighted by molar-refractivity contribution is 6.07. The Morgan fingerprint density at radius 3 is 2.50 bits per heavy atom. The highest BCUT2D eigenvalue weighted by Gasteiger charge is 2.21. The molecule has 0 saturated carbocycles. The molecule has 2 aromatic rings.